The van der Waals surface area contributed by atoms with Crippen LogP contribution in [-0.4, -0.2) is 42.8 Å². The Morgan fingerprint density at radius 1 is 1.26 bits per heavy atom. The standard InChI is InChI=1S/C8H7ClO3.C4H9NO2/c9-6-1-3-7(4-2-6)12-5-8(10)11;1-4(6)7-5(2)3/h1-4H,5H2,(H,10,11);1-3H3. The Morgan fingerprint density at radius 3 is 2.11 bits per heavy atom. The van der Waals surface area contributed by atoms with Gasteiger partial charge in [-0.05, 0) is 24.3 Å². The van der Waals surface area contributed by atoms with Crippen molar-refractivity contribution in [3.05, 3.63) is 29.3 Å². The van der Waals surface area contributed by atoms with Gasteiger partial charge in [0, 0.05) is 26.0 Å². The van der Waals surface area contributed by atoms with Gasteiger partial charge in [0.1, 0.15) is 5.75 Å². The molecule has 0 bridgehead atoms. The summed E-state index contributed by atoms with van der Waals surface area (Å²) < 4.78 is 4.86. The Bertz CT molecular complexity index is 405. The third-order valence-electron chi connectivity index (χ3n) is 1.49. The summed E-state index contributed by atoms with van der Waals surface area (Å²) in [4.78, 5) is 24.5. The van der Waals surface area contributed by atoms with Crippen LogP contribution in [0.1, 0.15) is 6.92 Å². The molecule has 106 valence electrons. The second kappa shape index (κ2) is 9.18. The average Bonchev–Trinajstić information content (AvgIpc) is 2.27. The fourth-order valence-electron chi connectivity index (χ4n) is 0.933. The summed E-state index contributed by atoms with van der Waals surface area (Å²) in [7, 11) is 3.31. The summed E-state index contributed by atoms with van der Waals surface area (Å²) in [5.41, 5.74) is 0. The number of ether oxygens (including phenoxy) is 1. The lowest BCUT2D eigenvalue weighted by atomic mass is 10.3. The van der Waals surface area contributed by atoms with E-state index in [2.05, 4.69) is 4.84 Å². The van der Waals surface area contributed by atoms with Crippen LogP contribution in [-0.2, 0) is 14.4 Å². The summed E-state index contributed by atoms with van der Waals surface area (Å²) in [5.74, 6) is -0.781. The number of carboxylic acids is 1. The highest BCUT2D eigenvalue weighted by molar-refractivity contribution is 6.30. The molecule has 0 saturated carbocycles. The maximum Gasteiger partial charge on any atom is 0.341 e. The second-order valence-electron chi connectivity index (χ2n) is 3.53. The molecule has 0 atom stereocenters. The van der Waals surface area contributed by atoms with Gasteiger partial charge < -0.3 is 14.7 Å². The SMILES string of the molecule is CC(=O)ON(C)C.O=C(O)COc1ccc(Cl)cc1. The molecule has 0 aliphatic heterocycles. The van der Waals surface area contributed by atoms with Crippen LogP contribution in [0.2, 0.25) is 5.02 Å². The van der Waals surface area contributed by atoms with Crippen LogP contribution < -0.4 is 4.74 Å². The van der Waals surface area contributed by atoms with Crippen molar-refractivity contribution in [3.63, 3.8) is 0 Å². The molecule has 0 heterocycles. The van der Waals surface area contributed by atoms with Gasteiger partial charge in [0.05, 0.1) is 0 Å². The van der Waals surface area contributed by atoms with Crippen molar-refractivity contribution in [2.45, 2.75) is 6.92 Å². The van der Waals surface area contributed by atoms with E-state index in [1.807, 2.05) is 0 Å². The van der Waals surface area contributed by atoms with Crippen molar-refractivity contribution in [1.82, 2.24) is 5.06 Å². The van der Waals surface area contributed by atoms with Crippen LogP contribution in [0.3, 0.4) is 0 Å². The molecule has 0 amide bonds. The van der Waals surface area contributed by atoms with Gasteiger partial charge in [-0.25, -0.2) is 4.79 Å². The molecular formula is C12H16ClNO5. The number of hydroxylamine groups is 2. The molecule has 1 aromatic carbocycles. The molecule has 0 aromatic heterocycles. The number of carboxylic acid groups (broad SMARTS) is 1. The molecule has 0 aliphatic rings. The summed E-state index contributed by atoms with van der Waals surface area (Å²) in [6.45, 7) is 1.03. The third kappa shape index (κ3) is 11.1. The molecule has 0 saturated heterocycles. The highest BCUT2D eigenvalue weighted by Crippen LogP contribution is 2.15. The van der Waals surface area contributed by atoms with E-state index in [4.69, 9.17) is 21.4 Å². The number of rotatable bonds is 4. The number of carbonyl (C=O) groups excluding carboxylic acids is 1. The maximum absolute atomic E-state index is 10.1. The van der Waals surface area contributed by atoms with Crippen molar-refractivity contribution in [1.29, 1.82) is 0 Å². The molecule has 7 heteroatoms. The van der Waals surface area contributed by atoms with Gasteiger partial charge in [-0.2, -0.15) is 0 Å². The molecule has 0 unspecified atom stereocenters. The molecule has 0 fully saturated rings. The van der Waals surface area contributed by atoms with Gasteiger partial charge in [0.2, 0.25) is 0 Å². The van der Waals surface area contributed by atoms with Crippen LogP contribution in [0.15, 0.2) is 24.3 Å². The normalized spacial score (nSPS) is 9.32. The van der Waals surface area contributed by atoms with Gasteiger partial charge in [0.15, 0.2) is 6.61 Å². The number of hydrogen-bond acceptors (Lipinski definition) is 5. The first-order chi connectivity index (χ1) is 8.81. The van der Waals surface area contributed by atoms with E-state index in [0.29, 0.717) is 10.8 Å². The molecule has 6 nitrogen and oxygen atoms in total. The molecular weight excluding hydrogens is 274 g/mol. The maximum atomic E-state index is 10.1. The molecule has 1 N–H and O–H groups in total. The minimum atomic E-state index is -0.995. The molecule has 1 rings (SSSR count). The van der Waals surface area contributed by atoms with E-state index in [-0.39, 0.29) is 12.6 Å². The quantitative estimate of drug-likeness (QED) is 0.852. The molecule has 1 aromatic rings. The summed E-state index contributed by atoms with van der Waals surface area (Å²) in [5, 5.41) is 10.2. The fourth-order valence-corrected chi connectivity index (χ4v) is 1.06. The zero-order valence-electron chi connectivity index (χ0n) is 10.9. The monoisotopic (exact) mass is 289 g/mol. The van der Waals surface area contributed by atoms with Crippen molar-refractivity contribution in [2.24, 2.45) is 0 Å². The van der Waals surface area contributed by atoms with Crippen LogP contribution in [0.5, 0.6) is 5.75 Å². The van der Waals surface area contributed by atoms with Crippen molar-refractivity contribution in [2.75, 3.05) is 20.7 Å². The first kappa shape index (κ1) is 17.2. The zero-order chi connectivity index (χ0) is 14.8. The molecule has 0 aliphatic carbocycles. The van der Waals surface area contributed by atoms with E-state index in [0.717, 1.165) is 0 Å². The minimum Gasteiger partial charge on any atom is -0.482 e. The van der Waals surface area contributed by atoms with Crippen LogP contribution in [0.4, 0.5) is 0 Å². The van der Waals surface area contributed by atoms with Gasteiger partial charge in [-0.15, -0.1) is 5.06 Å². The Balaban J connectivity index is 0.000000399. The van der Waals surface area contributed by atoms with Crippen LogP contribution >= 0.6 is 11.6 Å². The highest BCUT2D eigenvalue weighted by atomic mass is 35.5. The highest BCUT2D eigenvalue weighted by Gasteiger charge is 1.97. The van der Waals surface area contributed by atoms with Crippen molar-refractivity contribution >= 4 is 23.5 Å². The number of nitrogens with zero attached hydrogens (tertiary/aromatic N) is 1. The lowest BCUT2D eigenvalue weighted by Crippen LogP contribution is -2.15. The topological polar surface area (TPSA) is 76.1 Å². The van der Waals surface area contributed by atoms with E-state index >= 15 is 0 Å². The fraction of sp³-hybridized carbons (Fsp3) is 0.333. The number of aliphatic carboxylic acids is 1. The third-order valence-corrected chi connectivity index (χ3v) is 1.74. The Morgan fingerprint density at radius 2 is 1.79 bits per heavy atom. The largest absolute Gasteiger partial charge is 0.482 e. The summed E-state index contributed by atoms with van der Waals surface area (Å²) >= 11 is 5.60. The lowest BCUT2D eigenvalue weighted by Gasteiger charge is -2.05. The number of hydrogen-bond donors (Lipinski definition) is 1. The Kier molecular flexibility index (Phi) is 8.32. The predicted octanol–water partition coefficient (Wildman–Crippen LogP) is 1.83. The van der Waals surface area contributed by atoms with E-state index < -0.39 is 5.97 Å². The minimum absolute atomic E-state index is 0.287. The van der Waals surface area contributed by atoms with Gasteiger partial charge in [0.25, 0.3) is 0 Å². The van der Waals surface area contributed by atoms with E-state index in [1.165, 1.54) is 12.0 Å². The summed E-state index contributed by atoms with van der Waals surface area (Å²) in [6, 6.07) is 6.51. The lowest BCUT2D eigenvalue weighted by molar-refractivity contribution is -0.175. The first-order valence-electron chi connectivity index (χ1n) is 5.27. The molecule has 19 heavy (non-hydrogen) atoms. The Hall–Kier alpha value is -1.79. The number of benzene rings is 1. The molecule has 0 spiro atoms. The zero-order valence-corrected chi connectivity index (χ0v) is 11.7. The second-order valence-corrected chi connectivity index (χ2v) is 3.97. The van der Waals surface area contributed by atoms with Gasteiger partial charge in [-0.1, -0.05) is 11.6 Å². The van der Waals surface area contributed by atoms with Gasteiger partial charge in [-0.3, -0.25) is 4.79 Å². The van der Waals surface area contributed by atoms with Crippen LogP contribution in [0.25, 0.3) is 0 Å². The van der Waals surface area contributed by atoms with Gasteiger partial charge >= 0.3 is 11.9 Å². The van der Waals surface area contributed by atoms with E-state index in [9.17, 15) is 9.59 Å². The Labute approximate surface area is 116 Å². The number of carbonyl (C=O) groups is 2. The van der Waals surface area contributed by atoms with Crippen LogP contribution in [0, 0.1) is 0 Å². The van der Waals surface area contributed by atoms with Crippen molar-refractivity contribution < 1.29 is 24.3 Å². The first-order valence-corrected chi connectivity index (χ1v) is 5.65. The molecule has 0 radical (unpaired) electrons. The predicted molar refractivity (Wildman–Crippen MR) is 70.0 cm³/mol. The average molecular weight is 290 g/mol. The van der Waals surface area contributed by atoms with E-state index in [1.54, 1.807) is 38.4 Å². The summed E-state index contributed by atoms with van der Waals surface area (Å²) in [6.07, 6.45) is 0. The number of halogens is 1. The van der Waals surface area contributed by atoms with Crippen molar-refractivity contribution in [3.8, 4) is 5.75 Å². The smallest absolute Gasteiger partial charge is 0.341 e.